The summed E-state index contributed by atoms with van der Waals surface area (Å²) in [6.07, 6.45) is 5.38. The van der Waals surface area contributed by atoms with Crippen molar-refractivity contribution in [2.45, 2.75) is 84.0 Å². The van der Waals surface area contributed by atoms with E-state index >= 15 is 0 Å². The number of ether oxygens (including phenoxy) is 1. The summed E-state index contributed by atoms with van der Waals surface area (Å²) in [5.74, 6) is 2.62. The highest BCUT2D eigenvalue weighted by Crippen LogP contribution is 2.19. The Morgan fingerprint density at radius 1 is 1.17 bits per heavy atom. The summed E-state index contributed by atoms with van der Waals surface area (Å²) >= 11 is 0. The molecule has 9 nitrogen and oxygen atoms in total. The summed E-state index contributed by atoms with van der Waals surface area (Å²) < 4.78 is 7.36. The molecule has 1 aromatic heterocycles. The molecule has 0 spiro atoms. The molecule has 2 aliphatic rings. The largest absolute Gasteiger partial charge is 0.444 e. The van der Waals surface area contributed by atoms with Gasteiger partial charge in [-0.2, -0.15) is 0 Å². The number of likely N-dealkylation sites (tertiary alicyclic amines) is 1. The third-order valence-corrected chi connectivity index (χ3v) is 5.45. The standard InChI is InChI=1S/C20H35N7O2.HI/c1-14-24-25-17(26(14)5)12-21-18(22-15-8-6-7-9-15)27-11-10-16(13-27)23-19(28)29-20(2,3)4;/h15-16H,6-13H2,1-5H3,(H,21,22)(H,23,28);1H. The molecule has 1 unspecified atom stereocenters. The van der Waals surface area contributed by atoms with Crippen LogP contribution in [0.3, 0.4) is 0 Å². The van der Waals surface area contributed by atoms with Crippen LogP contribution in [0, 0.1) is 6.92 Å². The predicted octanol–water partition coefficient (Wildman–Crippen LogP) is 2.73. The summed E-state index contributed by atoms with van der Waals surface area (Å²) in [4.78, 5) is 19.2. The molecule has 1 aliphatic heterocycles. The van der Waals surface area contributed by atoms with Crippen molar-refractivity contribution in [3.63, 3.8) is 0 Å². The molecule has 1 aliphatic carbocycles. The van der Waals surface area contributed by atoms with Crippen LogP contribution in [0.4, 0.5) is 4.79 Å². The van der Waals surface area contributed by atoms with Crippen LogP contribution in [0.1, 0.15) is 64.5 Å². The van der Waals surface area contributed by atoms with Crippen LogP contribution in [0.2, 0.25) is 0 Å². The van der Waals surface area contributed by atoms with E-state index in [0.717, 1.165) is 37.1 Å². The van der Waals surface area contributed by atoms with E-state index in [2.05, 4.69) is 25.7 Å². The van der Waals surface area contributed by atoms with E-state index in [1.54, 1.807) is 0 Å². The van der Waals surface area contributed by atoms with Crippen molar-refractivity contribution in [1.82, 2.24) is 30.3 Å². The normalized spacial score (nSPS) is 20.2. The first kappa shape index (κ1) is 24.7. The molecule has 170 valence electrons. The lowest BCUT2D eigenvalue weighted by molar-refractivity contribution is 0.0507. The molecular formula is C20H36IN7O2. The number of hydrogen-bond acceptors (Lipinski definition) is 5. The van der Waals surface area contributed by atoms with E-state index in [-0.39, 0.29) is 36.1 Å². The van der Waals surface area contributed by atoms with Crippen molar-refractivity contribution in [3.05, 3.63) is 11.6 Å². The third-order valence-electron chi connectivity index (χ3n) is 5.45. The first-order chi connectivity index (χ1) is 13.7. The van der Waals surface area contributed by atoms with Gasteiger partial charge in [0.1, 0.15) is 18.0 Å². The lowest BCUT2D eigenvalue weighted by Crippen LogP contribution is -2.46. The lowest BCUT2D eigenvalue weighted by Gasteiger charge is -2.25. The van der Waals surface area contributed by atoms with Gasteiger partial charge < -0.3 is 24.8 Å². The Hall–Kier alpha value is -1.59. The van der Waals surface area contributed by atoms with Crippen molar-refractivity contribution in [3.8, 4) is 0 Å². The highest BCUT2D eigenvalue weighted by atomic mass is 127. The molecule has 2 N–H and O–H groups in total. The summed E-state index contributed by atoms with van der Waals surface area (Å²) in [6, 6.07) is 0.519. The van der Waals surface area contributed by atoms with Crippen LogP contribution in [0.25, 0.3) is 0 Å². The molecule has 1 amide bonds. The Morgan fingerprint density at radius 2 is 1.87 bits per heavy atom. The number of carbonyl (C=O) groups excluding carboxylic acids is 1. The number of hydrogen-bond donors (Lipinski definition) is 2. The highest BCUT2D eigenvalue weighted by Gasteiger charge is 2.29. The first-order valence-corrected chi connectivity index (χ1v) is 10.6. The van der Waals surface area contributed by atoms with Gasteiger partial charge in [-0.15, -0.1) is 34.2 Å². The number of carbonyl (C=O) groups is 1. The number of aromatic nitrogens is 3. The molecule has 2 heterocycles. The number of aryl methyl sites for hydroxylation is 1. The van der Waals surface area contributed by atoms with E-state index in [0.29, 0.717) is 12.6 Å². The maximum absolute atomic E-state index is 12.1. The molecule has 10 heteroatoms. The zero-order chi connectivity index (χ0) is 21.0. The molecule has 0 aromatic carbocycles. The van der Waals surface area contributed by atoms with E-state index in [1.165, 1.54) is 25.7 Å². The van der Waals surface area contributed by atoms with Gasteiger partial charge in [0.2, 0.25) is 0 Å². The number of rotatable bonds is 4. The van der Waals surface area contributed by atoms with Gasteiger partial charge in [0.05, 0.1) is 6.04 Å². The summed E-state index contributed by atoms with van der Waals surface area (Å²) in [7, 11) is 1.96. The van der Waals surface area contributed by atoms with Gasteiger partial charge in [0.15, 0.2) is 11.8 Å². The zero-order valence-corrected chi connectivity index (χ0v) is 21.1. The Bertz CT molecular complexity index is 738. The molecule has 2 fully saturated rings. The fourth-order valence-corrected chi connectivity index (χ4v) is 3.77. The quantitative estimate of drug-likeness (QED) is 0.351. The smallest absolute Gasteiger partial charge is 0.407 e. The van der Waals surface area contributed by atoms with Gasteiger partial charge in [-0.1, -0.05) is 12.8 Å². The topological polar surface area (TPSA) is 96.7 Å². The number of nitrogens with zero attached hydrogens (tertiary/aromatic N) is 5. The Labute approximate surface area is 196 Å². The number of guanidine groups is 1. The predicted molar refractivity (Wildman–Crippen MR) is 127 cm³/mol. The summed E-state index contributed by atoms with van der Waals surface area (Å²) in [5, 5.41) is 15.0. The Balaban J connectivity index is 0.00000320. The van der Waals surface area contributed by atoms with Crippen LogP contribution >= 0.6 is 24.0 Å². The van der Waals surface area contributed by atoms with Gasteiger partial charge in [-0.3, -0.25) is 0 Å². The van der Waals surface area contributed by atoms with E-state index in [9.17, 15) is 4.79 Å². The van der Waals surface area contributed by atoms with E-state index < -0.39 is 5.60 Å². The highest BCUT2D eigenvalue weighted by molar-refractivity contribution is 14.0. The number of alkyl carbamates (subject to hydrolysis) is 1. The van der Waals surface area contributed by atoms with Gasteiger partial charge in [-0.05, 0) is 47.0 Å². The average molecular weight is 533 g/mol. The third kappa shape index (κ3) is 6.98. The SMILES string of the molecule is Cc1nnc(CN=C(NC2CCCC2)N2CCC(NC(=O)OC(C)(C)C)C2)n1C.I. The van der Waals surface area contributed by atoms with Gasteiger partial charge in [-0.25, -0.2) is 9.79 Å². The molecule has 0 radical (unpaired) electrons. The minimum Gasteiger partial charge on any atom is -0.444 e. The zero-order valence-electron chi connectivity index (χ0n) is 18.8. The van der Waals surface area contributed by atoms with Crippen molar-refractivity contribution >= 4 is 36.0 Å². The molecule has 1 saturated carbocycles. The van der Waals surface area contributed by atoms with E-state index in [1.807, 2.05) is 39.3 Å². The molecule has 30 heavy (non-hydrogen) atoms. The molecule has 1 aromatic rings. The minimum absolute atomic E-state index is 0. The molecule has 1 saturated heterocycles. The van der Waals surface area contributed by atoms with Crippen LogP contribution < -0.4 is 10.6 Å². The van der Waals surface area contributed by atoms with Gasteiger partial charge in [0.25, 0.3) is 0 Å². The fourth-order valence-electron chi connectivity index (χ4n) is 3.77. The molecule has 0 bridgehead atoms. The van der Waals surface area contributed by atoms with Crippen molar-refractivity contribution in [2.24, 2.45) is 12.0 Å². The Kier molecular flexibility index (Phi) is 8.74. The second kappa shape index (κ2) is 10.6. The van der Waals surface area contributed by atoms with Gasteiger partial charge >= 0.3 is 6.09 Å². The number of aliphatic imine (C=N–C) groups is 1. The summed E-state index contributed by atoms with van der Waals surface area (Å²) in [6.45, 7) is 9.60. The number of halogens is 1. The second-order valence-electron chi connectivity index (χ2n) is 9.07. The average Bonchev–Trinajstić information content (AvgIpc) is 3.35. The van der Waals surface area contributed by atoms with Crippen LogP contribution in [-0.4, -0.2) is 62.5 Å². The maximum atomic E-state index is 12.1. The summed E-state index contributed by atoms with van der Waals surface area (Å²) in [5.41, 5.74) is -0.493. The maximum Gasteiger partial charge on any atom is 0.407 e. The molecule has 3 rings (SSSR count). The van der Waals surface area contributed by atoms with E-state index in [4.69, 9.17) is 9.73 Å². The van der Waals surface area contributed by atoms with Crippen molar-refractivity contribution in [1.29, 1.82) is 0 Å². The van der Waals surface area contributed by atoms with Crippen LogP contribution in [0.15, 0.2) is 4.99 Å². The fraction of sp³-hybridized carbons (Fsp3) is 0.800. The minimum atomic E-state index is -0.493. The van der Waals surface area contributed by atoms with Crippen LogP contribution in [0.5, 0.6) is 0 Å². The van der Waals surface area contributed by atoms with Gasteiger partial charge in [0, 0.05) is 26.2 Å². The van der Waals surface area contributed by atoms with Crippen LogP contribution in [-0.2, 0) is 18.3 Å². The monoisotopic (exact) mass is 533 g/mol. The Morgan fingerprint density at radius 3 is 2.47 bits per heavy atom. The van der Waals surface area contributed by atoms with Crippen molar-refractivity contribution in [2.75, 3.05) is 13.1 Å². The first-order valence-electron chi connectivity index (χ1n) is 10.6. The second-order valence-corrected chi connectivity index (χ2v) is 9.07. The number of nitrogens with one attached hydrogen (secondary N) is 2. The molecular weight excluding hydrogens is 497 g/mol. The number of amides is 1. The van der Waals surface area contributed by atoms with Crippen molar-refractivity contribution < 1.29 is 9.53 Å². The molecule has 1 atom stereocenters. The lowest BCUT2D eigenvalue weighted by atomic mass is 10.2.